The van der Waals surface area contributed by atoms with Gasteiger partial charge in [-0.25, -0.2) is 0 Å². The minimum absolute atomic E-state index is 0.0269. The number of amides is 2. The maximum Gasteiger partial charge on any atom is 0.267 e. The average molecular weight is 416 g/mol. The first-order valence-electron chi connectivity index (χ1n) is 11.5. The molecule has 1 aromatic rings. The van der Waals surface area contributed by atoms with Crippen LogP contribution in [-0.2, 0) is 9.59 Å². The molecule has 1 unspecified atom stereocenters. The van der Waals surface area contributed by atoms with Crippen LogP contribution in [0.5, 0.6) is 5.75 Å². The number of ether oxygens (including phenoxy) is 1. The predicted molar refractivity (Wildman–Crippen MR) is 121 cm³/mol. The average Bonchev–Trinajstić information content (AvgIpc) is 2.72. The van der Waals surface area contributed by atoms with Crippen molar-refractivity contribution in [3.8, 4) is 5.75 Å². The number of hydrogen-bond donors (Lipinski definition) is 1. The van der Waals surface area contributed by atoms with E-state index in [1.165, 1.54) is 19.3 Å². The zero-order chi connectivity index (χ0) is 21.7. The van der Waals surface area contributed by atoms with Gasteiger partial charge in [-0.05, 0) is 64.8 Å². The number of anilines is 2. The highest BCUT2D eigenvalue weighted by Crippen LogP contribution is 2.37. The molecule has 6 nitrogen and oxygen atoms in total. The van der Waals surface area contributed by atoms with E-state index in [1.54, 1.807) is 11.8 Å². The van der Waals surface area contributed by atoms with Crippen LogP contribution in [0.3, 0.4) is 0 Å². The van der Waals surface area contributed by atoms with E-state index in [1.807, 2.05) is 32.3 Å². The van der Waals surface area contributed by atoms with Gasteiger partial charge in [-0.1, -0.05) is 26.2 Å². The molecule has 30 heavy (non-hydrogen) atoms. The van der Waals surface area contributed by atoms with Gasteiger partial charge in [-0.15, -0.1) is 0 Å². The van der Waals surface area contributed by atoms with E-state index in [-0.39, 0.29) is 17.7 Å². The van der Waals surface area contributed by atoms with Gasteiger partial charge in [-0.2, -0.15) is 0 Å². The second kappa shape index (κ2) is 10.3. The third kappa shape index (κ3) is 5.54. The van der Waals surface area contributed by atoms with E-state index in [4.69, 9.17) is 4.74 Å². The summed E-state index contributed by atoms with van der Waals surface area (Å²) in [6, 6.07) is 5.61. The lowest BCUT2D eigenvalue weighted by molar-refractivity contribution is -0.125. The predicted octanol–water partition coefficient (Wildman–Crippen LogP) is 4.30. The molecule has 0 saturated heterocycles. The fourth-order valence-corrected chi connectivity index (χ4v) is 4.47. The van der Waals surface area contributed by atoms with Gasteiger partial charge in [0.15, 0.2) is 6.10 Å². The second-order valence-corrected chi connectivity index (χ2v) is 9.08. The Labute approximate surface area is 180 Å². The normalized spacial score (nSPS) is 23.8. The van der Waals surface area contributed by atoms with E-state index in [0.29, 0.717) is 12.3 Å². The fraction of sp³-hybridized carbons (Fsp3) is 0.667. The van der Waals surface area contributed by atoms with Crippen molar-refractivity contribution in [3.05, 3.63) is 18.2 Å². The number of fused-ring (bicyclic) bond motifs is 1. The molecule has 0 spiro atoms. The number of nitrogens with one attached hydrogen (secondary N) is 1. The van der Waals surface area contributed by atoms with Gasteiger partial charge in [-0.3, -0.25) is 9.59 Å². The highest BCUT2D eigenvalue weighted by molar-refractivity contribution is 6.01. The fourth-order valence-electron chi connectivity index (χ4n) is 4.47. The van der Waals surface area contributed by atoms with Crippen molar-refractivity contribution in [3.63, 3.8) is 0 Å². The van der Waals surface area contributed by atoms with Crippen LogP contribution < -0.4 is 15.0 Å². The van der Waals surface area contributed by atoms with Gasteiger partial charge in [0.1, 0.15) is 5.75 Å². The Bertz CT molecular complexity index is 741. The minimum atomic E-state index is -0.524. The molecule has 1 atom stereocenters. The summed E-state index contributed by atoms with van der Waals surface area (Å²) in [5, 5.41) is 3.08. The van der Waals surface area contributed by atoms with Crippen molar-refractivity contribution in [1.29, 1.82) is 0 Å². The van der Waals surface area contributed by atoms with Gasteiger partial charge in [0.2, 0.25) is 5.91 Å². The van der Waals surface area contributed by atoms with Crippen molar-refractivity contribution >= 4 is 23.2 Å². The number of likely N-dealkylation sites (N-methyl/N-ethyl adjacent to an activating group) is 1. The van der Waals surface area contributed by atoms with Crippen LogP contribution in [-0.4, -0.2) is 50.0 Å². The Morgan fingerprint density at radius 3 is 2.63 bits per heavy atom. The van der Waals surface area contributed by atoms with Crippen molar-refractivity contribution in [2.75, 3.05) is 37.4 Å². The zero-order valence-electron chi connectivity index (χ0n) is 18.9. The first-order valence-corrected chi connectivity index (χ1v) is 11.5. The zero-order valence-corrected chi connectivity index (χ0v) is 18.9. The molecule has 1 N–H and O–H groups in total. The summed E-state index contributed by atoms with van der Waals surface area (Å²) in [7, 11) is 3.98. The van der Waals surface area contributed by atoms with Crippen LogP contribution >= 0.6 is 0 Å². The third-order valence-corrected chi connectivity index (χ3v) is 6.39. The lowest BCUT2D eigenvalue weighted by Gasteiger charge is -2.34. The van der Waals surface area contributed by atoms with Crippen LogP contribution in [0.25, 0.3) is 0 Å². The highest BCUT2D eigenvalue weighted by atomic mass is 16.5. The Kier molecular flexibility index (Phi) is 7.75. The molecule has 1 fully saturated rings. The van der Waals surface area contributed by atoms with E-state index in [0.717, 1.165) is 49.5 Å². The molecule has 6 heteroatoms. The topological polar surface area (TPSA) is 61.9 Å². The molecule has 1 aliphatic heterocycles. The summed E-state index contributed by atoms with van der Waals surface area (Å²) in [5.41, 5.74) is 1.51. The number of nitrogens with zero attached hydrogens (tertiary/aromatic N) is 2. The number of carbonyl (C=O) groups excluding carboxylic acids is 2. The Morgan fingerprint density at radius 1 is 1.23 bits per heavy atom. The van der Waals surface area contributed by atoms with Gasteiger partial charge >= 0.3 is 0 Å². The molecule has 2 amide bonds. The molecule has 1 aliphatic carbocycles. The van der Waals surface area contributed by atoms with Crippen LogP contribution in [0.2, 0.25) is 0 Å². The summed E-state index contributed by atoms with van der Waals surface area (Å²) in [6.07, 6.45) is 7.59. The molecule has 2 aliphatic rings. The van der Waals surface area contributed by atoms with E-state index in [2.05, 4.69) is 17.1 Å². The van der Waals surface area contributed by atoms with Crippen molar-refractivity contribution in [2.45, 2.75) is 64.9 Å². The third-order valence-electron chi connectivity index (χ3n) is 6.39. The van der Waals surface area contributed by atoms with Gasteiger partial charge < -0.3 is 19.9 Å². The lowest BCUT2D eigenvalue weighted by atomic mass is 9.79. The minimum Gasteiger partial charge on any atom is -0.479 e. The number of rotatable bonds is 8. The van der Waals surface area contributed by atoms with Crippen LogP contribution in [0.4, 0.5) is 11.4 Å². The number of unbranched alkanes of at least 4 members (excludes halogenated alkanes) is 1. The lowest BCUT2D eigenvalue weighted by Crippen LogP contribution is -2.46. The van der Waals surface area contributed by atoms with Crippen molar-refractivity contribution < 1.29 is 14.3 Å². The van der Waals surface area contributed by atoms with E-state index >= 15 is 0 Å². The van der Waals surface area contributed by atoms with Crippen LogP contribution in [0.1, 0.15) is 58.8 Å². The Morgan fingerprint density at radius 2 is 1.97 bits per heavy atom. The summed E-state index contributed by atoms with van der Waals surface area (Å²) in [6.45, 7) is 5.40. The quantitative estimate of drug-likeness (QED) is 0.688. The SMILES string of the molecule is CCCCC1CCC(C(=O)Nc2ccc3c(c2)OC(C)C(=O)N3CCN(C)C)CC1. The Balaban J connectivity index is 1.62. The summed E-state index contributed by atoms with van der Waals surface area (Å²) in [4.78, 5) is 29.2. The molecular weight excluding hydrogens is 378 g/mol. The van der Waals surface area contributed by atoms with Crippen molar-refractivity contribution in [2.24, 2.45) is 11.8 Å². The van der Waals surface area contributed by atoms with Crippen molar-refractivity contribution in [1.82, 2.24) is 4.90 Å². The molecule has 1 aromatic carbocycles. The largest absolute Gasteiger partial charge is 0.479 e. The summed E-state index contributed by atoms with van der Waals surface area (Å²) in [5.74, 6) is 1.62. The molecule has 166 valence electrons. The van der Waals surface area contributed by atoms with Crippen LogP contribution in [0, 0.1) is 11.8 Å². The molecule has 0 bridgehead atoms. The van der Waals surface area contributed by atoms with Crippen LogP contribution in [0.15, 0.2) is 18.2 Å². The second-order valence-electron chi connectivity index (χ2n) is 9.08. The monoisotopic (exact) mass is 415 g/mol. The number of hydrogen-bond acceptors (Lipinski definition) is 4. The standard InChI is InChI=1S/C24H37N3O3/c1-5-6-7-18-8-10-19(11-9-18)23(28)25-20-12-13-21-22(16-20)30-17(2)24(29)27(21)15-14-26(3)4/h12-13,16-19H,5-11,14-15H2,1-4H3,(H,25,28). The molecule has 3 rings (SSSR count). The number of benzene rings is 1. The molecule has 0 aromatic heterocycles. The highest BCUT2D eigenvalue weighted by Gasteiger charge is 2.32. The maximum atomic E-state index is 12.8. The first kappa shape index (κ1) is 22.6. The van der Waals surface area contributed by atoms with E-state index < -0.39 is 6.10 Å². The maximum absolute atomic E-state index is 12.8. The molecule has 0 radical (unpaired) electrons. The van der Waals surface area contributed by atoms with E-state index in [9.17, 15) is 9.59 Å². The molecule has 1 saturated carbocycles. The molecule has 1 heterocycles. The van der Waals surface area contributed by atoms with Gasteiger partial charge in [0.05, 0.1) is 5.69 Å². The number of carbonyl (C=O) groups is 2. The first-order chi connectivity index (χ1) is 14.4. The Hall–Kier alpha value is -2.08. The smallest absolute Gasteiger partial charge is 0.267 e. The van der Waals surface area contributed by atoms with Gasteiger partial charge in [0.25, 0.3) is 5.91 Å². The molecular formula is C24H37N3O3. The summed E-state index contributed by atoms with van der Waals surface area (Å²) < 4.78 is 5.84. The van der Waals surface area contributed by atoms with Gasteiger partial charge in [0, 0.05) is 30.8 Å². The summed E-state index contributed by atoms with van der Waals surface area (Å²) >= 11 is 0.